The molecule has 1 saturated heterocycles. The number of guanidine groups is 1. The number of ketones is 1. The monoisotopic (exact) mass is 1090 g/mol. The van der Waals surface area contributed by atoms with Gasteiger partial charge in [-0.3, -0.25) is 43.8 Å². The van der Waals surface area contributed by atoms with Crippen LogP contribution in [0.3, 0.4) is 0 Å². The number of hydrogen-bond donors (Lipinski definition) is 17. The molecule has 1 fully saturated rings. The molecule has 1 heterocycles. The maximum atomic E-state index is 14.3. The number of aromatic carboxylic acids is 1. The molecule has 1 aromatic carbocycles. The summed E-state index contributed by atoms with van der Waals surface area (Å²) in [6, 6.07) is -3.27. The third-order valence-electron chi connectivity index (χ3n) is 12.5. The van der Waals surface area contributed by atoms with E-state index >= 15 is 0 Å². The van der Waals surface area contributed by atoms with E-state index in [1.165, 1.54) is 42.2 Å². The highest BCUT2D eigenvalue weighted by molar-refractivity contribution is 5.98. The lowest BCUT2D eigenvalue weighted by Gasteiger charge is -2.30. The van der Waals surface area contributed by atoms with Crippen molar-refractivity contribution < 1.29 is 63.3 Å². The molecule has 28 heteroatoms. The number of rotatable bonds is 37. The number of likely N-dealkylation sites (tertiary alicyclic amines) is 1. The van der Waals surface area contributed by atoms with Crippen molar-refractivity contribution in [1.82, 2.24) is 42.1 Å². The summed E-state index contributed by atoms with van der Waals surface area (Å²) in [5.74, 6) is -8.83. The number of aliphatic hydroxyl groups is 1. The highest BCUT2D eigenvalue weighted by Crippen LogP contribution is 2.21. The zero-order chi connectivity index (χ0) is 57.6. The number of unbranched alkanes of at least 4 members (excludes halogenated alkanes) is 2. The van der Waals surface area contributed by atoms with Gasteiger partial charge in [-0.15, -0.1) is 0 Å². The van der Waals surface area contributed by atoms with Crippen LogP contribution in [0.4, 0.5) is 0 Å². The van der Waals surface area contributed by atoms with Crippen molar-refractivity contribution in [3.63, 3.8) is 0 Å². The minimum atomic E-state index is -1.58. The fourth-order valence-electron chi connectivity index (χ4n) is 8.15. The van der Waals surface area contributed by atoms with Gasteiger partial charge in [0, 0.05) is 38.0 Å². The van der Waals surface area contributed by atoms with Gasteiger partial charge in [-0.2, -0.15) is 0 Å². The van der Waals surface area contributed by atoms with Crippen molar-refractivity contribution in [3.8, 4) is 0 Å². The van der Waals surface area contributed by atoms with Gasteiger partial charge >= 0.3 is 11.9 Å². The summed E-state index contributed by atoms with van der Waals surface area (Å²) in [4.78, 5) is 134. The molecule has 0 aromatic heterocycles. The van der Waals surface area contributed by atoms with Crippen LogP contribution >= 0.6 is 0 Å². The van der Waals surface area contributed by atoms with Gasteiger partial charge in [0.05, 0.1) is 30.3 Å². The van der Waals surface area contributed by atoms with Gasteiger partial charge in [-0.1, -0.05) is 24.6 Å². The Hall–Kier alpha value is -7.11. The summed E-state index contributed by atoms with van der Waals surface area (Å²) in [6.07, 6.45) is 2.61. The lowest BCUT2D eigenvalue weighted by atomic mass is 9.97. The first kappa shape index (κ1) is 66.0. The Labute approximate surface area is 447 Å². The molecule has 0 bridgehead atoms. The Morgan fingerprint density at radius 3 is 1.97 bits per heavy atom. The van der Waals surface area contributed by atoms with Crippen molar-refractivity contribution in [2.75, 3.05) is 45.8 Å². The third-order valence-corrected chi connectivity index (χ3v) is 12.5. The van der Waals surface area contributed by atoms with Gasteiger partial charge in [-0.05, 0) is 115 Å². The Balaban J connectivity index is 2.28. The van der Waals surface area contributed by atoms with E-state index in [0.29, 0.717) is 44.2 Å². The third kappa shape index (κ3) is 23.8. The number of nitrogens with one attached hydrogen (secondary N) is 8. The number of carbonyl (C=O) groups is 10. The number of nitrogens with zero attached hydrogens (tertiary/aromatic N) is 1. The van der Waals surface area contributed by atoms with Crippen LogP contribution in [-0.4, -0.2) is 179 Å². The summed E-state index contributed by atoms with van der Waals surface area (Å²) in [7, 11) is 0. The molecule has 77 heavy (non-hydrogen) atoms. The molecule has 23 N–H and O–H groups in total. The second-order valence-electron chi connectivity index (χ2n) is 18.6. The average molecular weight is 1090 g/mol. The van der Waals surface area contributed by atoms with E-state index in [4.69, 9.17) is 39.8 Å². The van der Waals surface area contributed by atoms with Crippen molar-refractivity contribution in [2.24, 2.45) is 34.4 Å². The van der Waals surface area contributed by atoms with Crippen LogP contribution in [0.5, 0.6) is 0 Å². The number of carbonyl (C=O) groups excluding carboxylic acids is 8. The average Bonchev–Trinajstić information content (AvgIpc) is 3.90. The molecule has 7 amide bonds. The molecule has 430 valence electrons. The normalized spacial score (nSPS) is 16.0. The van der Waals surface area contributed by atoms with E-state index in [1.807, 2.05) is 0 Å². The molecule has 0 spiro atoms. The number of nitrogens with two attached hydrogens (primary N) is 6. The minimum Gasteiger partial charge on any atom is -0.478 e. The summed E-state index contributed by atoms with van der Waals surface area (Å²) in [5.41, 5.74) is 34.1. The molecule has 0 radical (unpaired) electrons. The molecule has 1 aliphatic heterocycles. The van der Waals surface area contributed by atoms with Gasteiger partial charge in [0.15, 0.2) is 11.7 Å². The van der Waals surface area contributed by atoms with E-state index in [-0.39, 0.29) is 101 Å². The fraction of sp³-hybridized carbons (Fsp3) is 0.612. The molecule has 0 aliphatic carbocycles. The van der Waals surface area contributed by atoms with Crippen LogP contribution in [0, 0.1) is 5.41 Å². The predicted octanol–water partition coefficient (Wildman–Crippen LogP) is -4.64. The van der Waals surface area contributed by atoms with Gasteiger partial charge < -0.3 is 91.8 Å². The van der Waals surface area contributed by atoms with Crippen molar-refractivity contribution in [1.29, 1.82) is 5.41 Å². The molecule has 28 nitrogen and oxygen atoms in total. The summed E-state index contributed by atoms with van der Waals surface area (Å²) >= 11 is 0. The predicted molar refractivity (Wildman–Crippen MR) is 282 cm³/mol. The number of hydrogen-bond acceptors (Lipinski definition) is 17. The second-order valence-corrected chi connectivity index (χ2v) is 18.6. The smallest absolute Gasteiger partial charge is 0.335 e. The molecule has 8 atom stereocenters. The number of aliphatic hydroxyl groups excluding tert-OH is 1. The number of benzene rings is 1. The Kier molecular flexibility index (Phi) is 30.2. The highest BCUT2D eigenvalue weighted by atomic mass is 16.4. The lowest BCUT2D eigenvalue weighted by molar-refractivity contribution is -0.142. The highest BCUT2D eigenvalue weighted by Gasteiger charge is 2.39. The number of carboxylic acid groups (broad SMARTS) is 2. The van der Waals surface area contributed by atoms with E-state index < -0.39 is 121 Å². The van der Waals surface area contributed by atoms with Crippen molar-refractivity contribution in [2.45, 2.75) is 145 Å². The second kappa shape index (κ2) is 35.3. The standard InChI is InChI=1S/C49H81N15O13/c1-28(59-45(72)40(38(66)26-53)63-42(69)32(54)10-2-4-20-50)41(68)58-27-39(67)60-34(12-6-22-52)46(73)64-24-8-13-36(64)44(71)62-35(25-29-14-16-31(17-15-29)48(76)77)43(70)61-33(11-3-5-21-51)37(65)19-18-30(47(74)75)9-7-23-57-49(55)56/h9,14-17,28,32-36,38,40,66H,2-8,10-13,18-27,50-54H2,1H3,(H,58,68)(H,59,72)(H,60,67)(H,61,70)(H,62,71)(H,63,69)(H,74,75)(H,76,77)(H4,55,56,57)/b30-9+/t28-,32-,33-,34+,35?,36-,38-,40-/m0/s1. The topological polar surface area (TPSA) is 499 Å². The quantitative estimate of drug-likeness (QED) is 0.0129. The number of amides is 7. The number of Topliss-reactive ketones (excluding diaryl/α,β-unsaturated/α-hetero) is 1. The zero-order valence-electron chi connectivity index (χ0n) is 43.7. The van der Waals surface area contributed by atoms with Crippen LogP contribution in [-0.2, 0) is 49.6 Å². The first-order valence-electron chi connectivity index (χ1n) is 25.8. The van der Waals surface area contributed by atoms with Crippen LogP contribution in [0.1, 0.15) is 106 Å². The first-order chi connectivity index (χ1) is 36.6. The molecule has 2 rings (SSSR count). The number of carboxylic acids is 2. The number of aliphatic carboxylic acids is 1. The fourth-order valence-corrected chi connectivity index (χ4v) is 8.15. The van der Waals surface area contributed by atoms with Gasteiger partial charge in [0.2, 0.25) is 41.4 Å². The zero-order valence-corrected chi connectivity index (χ0v) is 43.7. The summed E-state index contributed by atoms with van der Waals surface area (Å²) in [5, 5.41) is 54.6. The summed E-state index contributed by atoms with van der Waals surface area (Å²) in [6.45, 7) is 1.24. The van der Waals surface area contributed by atoms with Crippen molar-refractivity contribution >= 4 is 65.0 Å². The van der Waals surface area contributed by atoms with Gasteiger partial charge in [0.1, 0.15) is 30.2 Å². The van der Waals surface area contributed by atoms with Crippen LogP contribution in [0.15, 0.2) is 35.9 Å². The van der Waals surface area contributed by atoms with Gasteiger partial charge in [-0.25, -0.2) is 9.59 Å². The van der Waals surface area contributed by atoms with Crippen LogP contribution in [0.2, 0.25) is 0 Å². The van der Waals surface area contributed by atoms with E-state index in [9.17, 15) is 63.3 Å². The Bertz CT molecular complexity index is 2200. The van der Waals surface area contributed by atoms with Crippen molar-refractivity contribution in [3.05, 3.63) is 47.0 Å². The summed E-state index contributed by atoms with van der Waals surface area (Å²) < 4.78 is 0. The Morgan fingerprint density at radius 2 is 1.38 bits per heavy atom. The molecule has 0 saturated carbocycles. The first-order valence-corrected chi connectivity index (χ1v) is 25.8. The maximum absolute atomic E-state index is 14.3. The van der Waals surface area contributed by atoms with E-state index in [2.05, 4.69) is 37.2 Å². The maximum Gasteiger partial charge on any atom is 0.335 e. The Morgan fingerprint density at radius 1 is 0.740 bits per heavy atom. The SMILES string of the molecule is C[C@H](NC(=O)[C@@H](NC(=O)[C@@H](N)CCCCN)[C@@H](O)CN)C(=O)NCC(=O)N[C@H](CCCN)C(=O)N1CCC[C@H]1C(=O)NC(Cc1ccc(C(=O)O)cc1)C(=O)N[C@@H](CCCCN)C(=O)CC/C(=C\CCNC(=N)N)C(=O)O. The molecular weight excluding hydrogens is 1010 g/mol. The largest absolute Gasteiger partial charge is 0.478 e. The van der Waals surface area contributed by atoms with E-state index in [0.717, 1.165) is 0 Å². The van der Waals surface area contributed by atoms with E-state index in [1.54, 1.807) is 0 Å². The van der Waals surface area contributed by atoms with Crippen LogP contribution in [0.25, 0.3) is 0 Å². The molecular formula is C49H81N15O13. The molecule has 1 aliphatic rings. The minimum absolute atomic E-state index is 0.0251. The van der Waals surface area contributed by atoms with Crippen LogP contribution < -0.4 is 71.6 Å². The lowest BCUT2D eigenvalue weighted by Crippen LogP contribution is -2.60. The molecule has 1 unspecified atom stereocenters. The molecule has 1 aromatic rings. The van der Waals surface area contributed by atoms with Gasteiger partial charge in [0.25, 0.3) is 0 Å².